The second-order valence-electron chi connectivity index (χ2n) is 6.91. The molecular formula is C23H24N4O2S. The monoisotopic (exact) mass is 420 g/mol. The third-order valence-electron chi connectivity index (χ3n) is 4.34. The maximum atomic E-state index is 12.2. The van der Waals surface area contributed by atoms with Crippen molar-refractivity contribution in [1.29, 1.82) is 0 Å². The van der Waals surface area contributed by atoms with Gasteiger partial charge in [-0.25, -0.2) is 9.97 Å². The van der Waals surface area contributed by atoms with Crippen LogP contribution in [0.5, 0.6) is 0 Å². The third-order valence-corrected chi connectivity index (χ3v) is 5.26. The molecule has 0 saturated heterocycles. The molecule has 1 heterocycles. The molecular weight excluding hydrogens is 396 g/mol. The van der Waals surface area contributed by atoms with E-state index in [9.17, 15) is 9.59 Å². The summed E-state index contributed by atoms with van der Waals surface area (Å²) >= 11 is 1.55. The predicted molar refractivity (Wildman–Crippen MR) is 118 cm³/mol. The number of nitrogens with zero attached hydrogens (tertiary/aromatic N) is 2. The largest absolute Gasteiger partial charge is 0.273 e. The number of carbonyl (C=O) groups is 2. The summed E-state index contributed by atoms with van der Waals surface area (Å²) < 4.78 is 0. The Labute approximate surface area is 180 Å². The zero-order valence-corrected chi connectivity index (χ0v) is 17.8. The van der Waals surface area contributed by atoms with Crippen LogP contribution in [0.3, 0.4) is 0 Å². The number of benzene rings is 2. The van der Waals surface area contributed by atoms with E-state index in [4.69, 9.17) is 0 Å². The summed E-state index contributed by atoms with van der Waals surface area (Å²) in [4.78, 5) is 33.0. The summed E-state index contributed by atoms with van der Waals surface area (Å²) in [5.41, 5.74) is 9.44. The van der Waals surface area contributed by atoms with Gasteiger partial charge in [0.05, 0.1) is 0 Å². The lowest BCUT2D eigenvalue weighted by molar-refractivity contribution is -0.121. The SMILES string of the molecule is Cc1cc(C)nc(SCc2ccc(C(=O)NNC(=O)CCc3ccccc3)cc2)n1. The van der Waals surface area contributed by atoms with E-state index in [1.54, 1.807) is 23.9 Å². The highest BCUT2D eigenvalue weighted by Crippen LogP contribution is 2.20. The Balaban J connectivity index is 1.44. The van der Waals surface area contributed by atoms with Crippen molar-refractivity contribution in [2.45, 2.75) is 37.6 Å². The van der Waals surface area contributed by atoms with Crippen LogP contribution in [0.15, 0.2) is 65.8 Å². The van der Waals surface area contributed by atoms with Gasteiger partial charge in [-0.15, -0.1) is 0 Å². The van der Waals surface area contributed by atoms with Gasteiger partial charge in [-0.05, 0) is 49.6 Å². The molecule has 6 nitrogen and oxygen atoms in total. The molecule has 2 N–H and O–H groups in total. The summed E-state index contributed by atoms with van der Waals surface area (Å²) in [7, 11) is 0. The summed E-state index contributed by atoms with van der Waals surface area (Å²) in [6.07, 6.45) is 0.931. The fraction of sp³-hybridized carbons (Fsp3) is 0.217. The van der Waals surface area contributed by atoms with E-state index in [0.717, 1.165) is 27.7 Å². The van der Waals surface area contributed by atoms with Crippen molar-refractivity contribution in [3.63, 3.8) is 0 Å². The molecule has 0 aliphatic carbocycles. The minimum Gasteiger partial charge on any atom is -0.273 e. The molecule has 3 aromatic rings. The topological polar surface area (TPSA) is 84.0 Å². The first-order valence-corrected chi connectivity index (χ1v) is 10.7. The first kappa shape index (κ1) is 21.5. The maximum absolute atomic E-state index is 12.2. The van der Waals surface area contributed by atoms with Gasteiger partial charge in [0, 0.05) is 29.1 Å². The molecule has 2 amide bonds. The standard InChI is InChI=1S/C23H24N4O2S/c1-16-14-17(2)25-23(24-16)30-15-19-8-11-20(12-9-19)22(29)27-26-21(28)13-10-18-6-4-3-5-7-18/h3-9,11-12,14H,10,13,15H2,1-2H3,(H,26,28)(H,27,29). The zero-order valence-electron chi connectivity index (χ0n) is 17.0. The minimum absolute atomic E-state index is 0.228. The highest BCUT2D eigenvalue weighted by molar-refractivity contribution is 7.98. The quantitative estimate of drug-likeness (QED) is 0.345. The molecule has 30 heavy (non-hydrogen) atoms. The minimum atomic E-state index is -0.347. The molecule has 0 spiro atoms. The van der Waals surface area contributed by atoms with E-state index in [-0.39, 0.29) is 11.8 Å². The second kappa shape index (κ2) is 10.5. The van der Waals surface area contributed by atoms with Crippen LogP contribution in [-0.2, 0) is 17.0 Å². The summed E-state index contributed by atoms with van der Waals surface area (Å²) in [6.45, 7) is 3.90. The number of amides is 2. The van der Waals surface area contributed by atoms with Gasteiger partial charge in [-0.2, -0.15) is 0 Å². The summed E-state index contributed by atoms with van der Waals surface area (Å²) in [5.74, 6) is 0.134. The number of carbonyl (C=O) groups excluding carboxylic acids is 2. The molecule has 3 rings (SSSR count). The molecule has 0 saturated carbocycles. The Morgan fingerprint density at radius 3 is 2.20 bits per heavy atom. The van der Waals surface area contributed by atoms with E-state index >= 15 is 0 Å². The Bertz CT molecular complexity index is 987. The molecule has 0 fully saturated rings. The number of hydrogen-bond donors (Lipinski definition) is 2. The number of aryl methyl sites for hydroxylation is 3. The lowest BCUT2D eigenvalue weighted by Gasteiger charge is -2.08. The van der Waals surface area contributed by atoms with Crippen molar-refractivity contribution in [1.82, 2.24) is 20.8 Å². The highest BCUT2D eigenvalue weighted by Gasteiger charge is 2.08. The molecule has 0 radical (unpaired) electrons. The van der Waals surface area contributed by atoms with Crippen molar-refractivity contribution < 1.29 is 9.59 Å². The molecule has 0 aliphatic rings. The van der Waals surface area contributed by atoms with Crippen molar-refractivity contribution in [3.8, 4) is 0 Å². The average Bonchev–Trinajstić information content (AvgIpc) is 2.75. The van der Waals surface area contributed by atoms with Gasteiger partial charge in [0.1, 0.15) is 0 Å². The molecule has 7 heteroatoms. The van der Waals surface area contributed by atoms with Gasteiger partial charge >= 0.3 is 0 Å². The van der Waals surface area contributed by atoms with E-state index < -0.39 is 0 Å². The number of thioether (sulfide) groups is 1. The van der Waals surface area contributed by atoms with Crippen molar-refractivity contribution in [2.24, 2.45) is 0 Å². The summed E-state index contributed by atoms with van der Waals surface area (Å²) in [5, 5.41) is 0.743. The Morgan fingerprint density at radius 2 is 1.53 bits per heavy atom. The number of hydrogen-bond acceptors (Lipinski definition) is 5. The van der Waals surface area contributed by atoms with E-state index in [1.807, 2.05) is 62.4 Å². The van der Waals surface area contributed by atoms with E-state index in [1.165, 1.54) is 0 Å². The number of hydrazine groups is 1. The van der Waals surface area contributed by atoms with Crippen LogP contribution in [0.1, 0.15) is 39.3 Å². The Kier molecular flexibility index (Phi) is 7.57. The van der Waals surface area contributed by atoms with Crippen molar-refractivity contribution in [3.05, 3.63) is 88.7 Å². The normalized spacial score (nSPS) is 10.5. The molecule has 0 aliphatic heterocycles. The van der Waals surface area contributed by atoms with Crippen LogP contribution in [0.4, 0.5) is 0 Å². The molecule has 0 bridgehead atoms. The molecule has 154 valence electrons. The third kappa shape index (κ3) is 6.70. The maximum Gasteiger partial charge on any atom is 0.269 e. The Morgan fingerprint density at radius 1 is 0.867 bits per heavy atom. The Hall–Kier alpha value is -3.19. The first-order chi connectivity index (χ1) is 14.5. The zero-order chi connectivity index (χ0) is 21.3. The van der Waals surface area contributed by atoms with Gasteiger partial charge in [0.15, 0.2) is 5.16 Å². The predicted octanol–water partition coefficient (Wildman–Crippen LogP) is 3.78. The van der Waals surface area contributed by atoms with Crippen molar-refractivity contribution in [2.75, 3.05) is 0 Å². The highest BCUT2D eigenvalue weighted by atomic mass is 32.2. The van der Waals surface area contributed by atoms with Crippen LogP contribution in [0, 0.1) is 13.8 Å². The molecule has 0 atom stereocenters. The fourth-order valence-corrected chi connectivity index (χ4v) is 3.73. The van der Waals surface area contributed by atoms with E-state index in [0.29, 0.717) is 24.2 Å². The number of aromatic nitrogens is 2. The smallest absolute Gasteiger partial charge is 0.269 e. The number of rotatable bonds is 7. The van der Waals surface area contributed by atoms with Crippen LogP contribution < -0.4 is 10.9 Å². The molecule has 1 aromatic heterocycles. The van der Waals surface area contributed by atoms with Gasteiger partial charge in [0.2, 0.25) is 5.91 Å². The van der Waals surface area contributed by atoms with Gasteiger partial charge in [-0.1, -0.05) is 54.2 Å². The van der Waals surface area contributed by atoms with Crippen LogP contribution in [0.2, 0.25) is 0 Å². The lowest BCUT2D eigenvalue weighted by Crippen LogP contribution is -2.41. The summed E-state index contributed by atoms with van der Waals surface area (Å²) in [6, 6.07) is 19.0. The van der Waals surface area contributed by atoms with Gasteiger partial charge in [0.25, 0.3) is 5.91 Å². The number of nitrogens with one attached hydrogen (secondary N) is 2. The van der Waals surface area contributed by atoms with Crippen LogP contribution >= 0.6 is 11.8 Å². The lowest BCUT2D eigenvalue weighted by atomic mass is 10.1. The van der Waals surface area contributed by atoms with Crippen LogP contribution in [0.25, 0.3) is 0 Å². The van der Waals surface area contributed by atoms with E-state index in [2.05, 4.69) is 20.8 Å². The van der Waals surface area contributed by atoms with Crippen molar-refractivity contribution >= 4 is 23.6 Å². The van der Waals surface area contributed by atoms with Gasteiger partial charge < -0.3 is 0 Å². The van der Waals surface area contributed by atoms with Gasteiger partial charge in [-0.3, -0.25) is 20.4 Å². The second-order valence-corrected chi connectivity index (χ2v) is 7.85. The van der Waals surface area contributed by atoms with Crippen LogP contribution in [-0.4, -0.2) is 21.8 Å². The molecule has 0 unspecified atom stereocenters. The molecule has 2 aromatic carbocycles. The first-order valence-electron chi connectivity index (χ1n) is 9.67. The fourth-order valence-electron chi connectivity index (χ4n) is 2.82. The average molecular weight is 421 g/mol.